The summed E-state index contributed by atoms with van der Waals surface area (Å²) >= 11 is 0. The van der Waals surface area contributed by atoms with Crippen LogP contribution in [0.3, 0.4) is 0 Å². The first kappa shape index (κ1) is 28.7. The minimum atomic E-state index is -5.08. The number of nitrogens with zero attached hydrogens (tertiary/aromatic N) is 1. The van der Waals surface area contributed by atoms with E-state index in [9.17, 15) is 49.1 Å². The molecule has 38 heavy (non-hydrogen) atoms. The molecule has 1 atom stereocenters. The normalized spacial score (nSPS) is 17.9. The van der Waals surface area contributed by atoms with Crippen LogP contribution in [-0.4, -0.2) is 59.6 Å². The molecule has 0 bridgehead atoms. The van der Waals surface area contributed by atoms with Crippen molar-refractivity contribution in [2.75, 3.05) is 25.0 Å². The molecule has 16 heteroatoms. The van der Waals surface area contributed by atoms with Gasteiger partial charge in [-0.25, -0.2) is 4.79 Å². The molecule has 1 saturated heterocycles. The molecule has 2 aliphatic heterocycles. The number of anilines is 1. The lowest BCUT2D eigenvalue weighted by Gasteiger charge is -2.33. The van der Waals surface area contributed by atoms with Gasteiger partial charge in [-0.15, -0.1) is 0 Å². The zero-order chi connectivity index (χ0) is 28.6. The Bertz CT molecular complexity index is 1220. The topological polar surface area (TPSA) is 98.7 Å². The van der Waals surface area contributed by atoms with Crippen LogP contribution < -0.4 is 10.6 Å². The summed E-state index contributed by atoms with van der Waals surface area (Å²) in [6.45, 7) is 0.927. The number of carboxylic acid groups (broad SMARTS) is 1. The van der Waals surface area contributed by atoms with Gasteiger partial charge >= 0.3 is 24.5 Å². The molecule has 1 fully saturated rings. The van der Waals surface area contributed by atoms with Gasteiger partial charge in [0.05, 0.1) is 22.4 Å². The van der Waals surface area contributed by atoms with E-state index in [1.54, 1.807) is 0 Å². The molecule has 4 rings (SSSR count). The van der Waals surface area contributed by atoms with E-state index < -0.39 is 53.5 Å². The number of alkyl halides is 9. The molecule has 2 aromatic rings. The van der Waals surface area contributed by atoms with Crippen molar-refractivity contribution in [3.8, 4) is 11.1 Å². The van der Waals surface area contributed by atoms with Gasteiger partial charge in [0.15, 0.2) is 0 Å². The van der Waals surface area contributed by atoms with Crippen molar-refractivity contribution >= 4 is 23.5 Å². The first-order valence-corrected chi connectivity index (χ1v) is 10.5. The van der Waals surface area contributed by atoms with Crippen molar-refractivity contribution in [1.82, 2.24) is 10.2 Å². The number of carbonyl (C=O) groups excluding carboxylic acids is 2. The summed E-state index contributed by atoms with van der Waals surface area (Å²) in [6.07, 6.45) is -15.1. The molecular formula is C22H16F9N3O4. The summed E-state index contributed by atoms with van der Waals surface area (Å²) in [6, 6.07) is 4.27. The molecule has 0 aliphatic carbocycles. The maximum atomic E-state index is 13.2. The number of carboxylic acids is 1. The fraction of sp³-hybridized carbons (Fsp3) is 0.318. The van der Waals surface area contributed by atoms with Crippen LogP contribution in [0, 0.1) is 0 Å². The number of benzene rings is 2. The zero-order valence-electron chi connectivity index (χ0n) is 18.7. The van der Waals surface area contributed by atoms with Gasteiger partial charge in [0.1, 0.15) is 6.04 Å². The van der Waals surface area contributed by atoms with Crippen LogP contribution in [0.1, 0.15) is 21.5 Å². The molecule has 2 heterocycles. The van der Waals surface area contributed by atoms with Gasteiger partial charge in [-0.3, -0.25) is 9.59 Å². The Morgan fingerprint density at radius 2 is 1.42 bits per heavy atom. The molecule has 0 unspecified atom stereocenters. The van der Waals surface area contributed by atoms with Crippen LogP contribution in [0.15, 0.2) is 36.4 Å². The third kappa shape index (κ3) is 6.35. The van der Waals surface area contributed by atoms with E-state index in [1.807, 2.05) is 0 Å². The number of piperazine rings is 1. The summed E-state index contributed by atoms with van der Waals surface area (Å²) in [5.41, 5.74) is -3.10. The Kier molecular flexibility index (Phi) is 7.68. The molecule has 2 amide bonds. The fourth-order valence-corrected chi connectivity index (χ4v) is 3.68. The number of amides is 2. The average Bonchev–Trinajstić information content (AvgIpc) is 2.92. The van der Waals surface area contributed by atoms with Crippen LogP contribution >= 0.6 is 0 Å². The number of hydrogen-bond acceptors (Lipinski definition) is 4. The second-order valence-electron chi connectivity index (χ2n) is 8.07. The summed E-state index contributed by atoms with van der Waals surface area (Å²) < 4.78 is 111. The molecule has 2 aromatic carbocycles. The van der Waals surface area contributed by atoms with Crippen molar-refractivity contribution in [3.05, 3.63) is 53.1 Å². The van der Waals surface area contributed by atoms with E-state index in [4.69, 9.17) is 9.90 Å². The Hall–Kier alpha value is -3.82. The third-order valence-electron chi connectivity index (χ3n) is 5.48. The highest BCUT2D eigenvalue weighted by Crippen LogP contribution is 2.39. The lowest BCUT2D eigenvalue weighted by atomic mass is 9.96. The molecule has 3 N–H and O–H groups in total. The van der Waals surface area contributed by atoms with Crippen LogP contribution in [0.5, 0.6) is 0 Å². The highest BCUT2D eigenvalue weighted by atomic mass is 19.4. The highest BCUT2D eigenvalue weighted by Gasteiger charge is 2.39. The second kappa shape index (κ2) is 10.2. The maximum absolute atomic E-state index is 13.2. The Labute approximate surface area is 207 Å². The molecule has 2 aliphatic rings. The number of fused-ring (bicyclic) bond motifs is 2. The van der Waals surface area contributed by atoms with Gasteiger partial charge in [-0.1, -0.05) is 6.07 Å². The first-order valence-electron chi connectivity index (χ1n) is 10.5. The molecule has 206 valence electrons. The maximum Gasteiger partial charge on any atom is 0.490 e. The number of hydrogen-bond donors (Lipinski definition) is 3. The minimum absolute atomic E-state index is 0.00113. The monoisotopic (exact) mass is 557 g/mol. The Morgan fingerprint density at radius 1 is 0.868 bits per heavy atom. The summed E-state index contributed by atoms with van der Waals surface area (Å²) in [5.74, 6) is -3.71. The molecule has 0 aromatic heterocycles. The number of rotatable bonds is 1. The van der Waals surface area contributed by atoms with E-state index in [0.717, 1.165) is 0 Å². The zero-order valence-corrected chi connectivity index (χ0v) is 18.7. The average molecular weight is 557 g/mol. The SMILES string of the molecule is O=C(O)C(F)(F)F.O=C1Nc2ccc(-c3cc(C(F)(F)F)cc(C(F)(F)F)c3)cc2C(=O)N2CCNC[C@@H]12. The summed E-state index contributed by atoms with van der Waals surface area (Å²) in [5, 5.41) is 12.7. The molecule has 0 radical (unpaired) electrons. The minimum Gasteiger partial charge on any atom is -0.475 e. The van der Waals surface area contributed by atoms with E-state index in [-0.39, 0.29) is 41.5 Å². The van der Waals surface area contributed by atoms with E-state index in [1.165, 1.54) is 23.1 Å². The van der Waals surface area contributed by atoms with Crippen molar-refractivity contribution < 1.29 is 59.0 Å². The summed E-state index contributed by atoms with van der Waals surface area (Å²) in [4.78, 5) is 35.7. The van der Waals surface area contributed by atoms with E-state index >= 15 is 0 Å². The van der Waals surface area contributed by atoms with Gasteiger partial charge < -0.3 is 20.6 Å². The molecular weight excluding hydrogens is 541 g/mol. The van der Waals surface area contributed by atoms with Crippen molar-refractivity contribution in [2.45, 2.75) is 24.6 Å². The number of nitrogens with one attached hydrogen (secondary N) is 2. The van der Waals surface area contributed by atoms with Crippen molar-refractivity contribution in [3.63, 3.8) is 0 Å². The van der Waals surface area contributed by atoms with Gasteiger partial charge in [0.25, 0.3) is 5.91 Å². The van der Waals surface area contributed by atoms with Crippen LogP contribution in [0.4, 0.5) is 45.2 Å². The predicted octanol–water partition coefficient (Wildman–Crippen LogP) is 4.39. The summed E-state index contributed by atoms with van der Waals surface area (Å²) in [7, 11) is 0. The van der Waals surface area contributed by atoms with Gasteiger partial charge in [0.2, 0.25) is 5.91 Å². The molecule has 7 nitrogen and oxygen atoms in total. The van der Waals surface area contributed by atoms with Gasteiger partial charge in [-0.05, 0) is 41.5 Å². The third-order valence-corrected chi connectivity index (χ3v) is 5.48. The lowest BCUT2D eigenvalue weighted by Crippen LogP contribution is -2.57. The van der Waals surface area contributed by atoms with Crippen molar-refractivity contribution in [1.29, 1.82) is 0 Å². The highest BCUT2D eigenvalue weighted by molar-refractivity contribution is 6.10. The number of halogens is 9. The molecule has 0 spiro atoms. The lowest BCUT2D eigenvalue weighted by molar-refractivity contribution is -0.192. The Balaban J connectivity index is 0.000000505. The fourth-order valence-electron chi connectivity index (χ4n) is 3.68. The molecule has 0 saturated carbocycles. The Morgan fingerprint density at radius 3 is 1.92 bits per heavy atom. The predicted molar refractivity (Wildman–Crippen MR) is 112 cm³/mol. The van der Waals surface area contributed by atoms with Gasteiger partial charge in [-0.2, -0.15) is 39.5 Å². The van der Waals surface area contributed by atoms with E-state index in [2.05, 4.69) is 10.6 Å². The number of aliphatic carboxylic acids is 1. The van der Waals surface area contributed by atoms with Crippen LogP contribution in [-0.2, 0) is 21.9 Å². The first-order chi connectivity index (χ1) is 17.4. The number of carbonyl (C=O) groups is 3. The van der Waals surface area contributed by atoms with Gasteiger partial charge in [0, 0.05) is 19.6 Å². The van der Waals surface area contributed by atoms with Crippen LogP contribution in [0.2, 0.25) is 0 Å². The smallest absolute Gasteiger partial charge is 0.475 e. The van der Waals surface area contributed by atoms with Crippen LogP contribution in [0.25, 0.3) is 11.1 Å². The standard InChI is InChI=1S/C20H15F6N3O2.C2HF3O2/c21-19(22,23)12-5-11(6-13(8-12)20(24,25)26)10-1-2-15-14(7-10)18(31)29-4-3-27-9-16(29)17(30)28-15;3-2(4,5)1(6)7/h1-2,5-8,16,27H,3-4,9H2,(H,28,30);(H,6,7)/t16-;/m0./s1. The largest absolute Gasteiger partial charge is 0.490 e. The van der Waals surface area contributed by atoms with Crippen molar-refractivity contribution in [2.24, 2.45) is 0 Å². The van der Waals surface area contributed by atoms with E-state index in [0.29, 0.717) is 18.7 Å². The second-order valence-corrected chi connectivity index (χ2v) is 8.07. The quantitative estimate of drug-likeness (QED) is 0.452.